The SMILES string of the molecule is CCCN(CC(=O)c1cc(F)ccc1O)C1CC1. The van der Waals surface area contributed by atoms with Crippen LogP contribution in [0.3, 0.4) is 0 Å². The number of aromatic hydroxyl groups is 1. The normalized spacial score (nSPS) is 15.1. The Bertz CT molecular complexity index is 443. The lowest BCUT2D eigenvalue weighted by Gasteiger charge is -2.20. The zero-order valence-electron chi connectivity index (χ0n) is 10.5. The van der Waals surface area contributed by atoms with Crippen LogP contribution >= 0.6 is 0 Å². The van der Waals surface area contributed by atoms with Crippen molar-refractivity contribution in [3.8, 4) is 5.75 Å². The van der Waals surface area contributed by atoms with Crippen molar-refractivity contribution < 1.29 is 14.3 Å². The van der Waals surface area contributed by atoms with Gasteiger partial charge in [0.2, 0.25) is 0 Å². The molecule has 1 saturated carbocycles. The van der Waals surface area contributed by atoms with Crippen molar-refractivity contribution in [1.82, 2.24) is 4.90 Å². The smallest absolute Gasteiger partial charge is 0.180 e. The number of carbonyl (C=O) groups is 1. The van der Waals surface area contributed by atoms with Gasteiger partial charge in [-0.25, -0.2) is 4.39 Å². The van der Waals surface area contributed by atoms with E-state index in [1.165, 1.54) is 6.07 Å². The average molecular weight is 251 g/mol. The Morgan fingerprint density at radius 1 is 1.50 bits per heavy atom. The number of benzene rings is 1. The van der Waals surface area contributed by atoms with Crippen molar-refractivity contribution in [1.29, 1.82) is 0 Å². The maximum Gasteiger partial charge on any atom is 0.180 e. The molecule has 98 valence electrons. The van der Waals surface area contributed by atoms with Gasteiger partial charge < -0.3 is 5.11 Å². The highest BCUT2D eigenvalue weighted by atomic mass is 19.1. The molecule has 0 heterocycles. The van der Waals surface area contributed by atoms with Crippen LogP contribution in [0.5, 0.6) is 5.75 Å². The van der Waals surface area contributed by atoms with Crippen LogP contribution in [-0.4, -0.2) is 34.9 Å². The molecule has 0 amide bonds. The minimum atomic E-state index is -0.496. The molecule has 18 heavy (non-hydrogen) atoms. The first kappa shape index (κ1) is 13.0. The van der Waals surface area contributed by atoms with Gasteiger partial charge in [0.1, 0.15) is 11.6 Å². The summed E-state index contributed by atoms with van der Waals surface area (Å²) in [5.74, 6) is -0.856. The molecule has 1 aromatic carbocycles. The maximum absolute atomic E-state index is 13.1. The number of rotatable bonds is 6. The van der Waals surface area contributed by atoms with E-state index in [1.807, 2.05) is 0 Å². The van der Waals surface area contributed by atoms with E-state index < -0.39 is 5.82 Å². The van der Waals surface area contributed by atoms with Crippen molar-refractivity contribution in [2.45, 2.75) is 32.2 Å². The summed E-state index contributed by atoms with van der Waals surface area (Å²) in [7, 11) is 0. The predicted molar refractivity (Wildman–Crippen MR) is 67.3 cm³/mol. The van der Waals surface area contributed by atoms with Crippen LogP contribution < -0.4 is 0 Å². The van der Waals surface area contributed by atoms with Crippen LogP contribution in [0.1, 0.15) is 36.5 Å². The summed E-state index contributed by atoms with van der Waals surface area (Å²) in [6.45, 7) is 3.20. The van der Waals surface area contributed by atoms with Gasteiger partial charge in [-0.05, 0) is 44.0 Å². The molecule has 4 heteroatoms. The van der Waals surface area contributed by atoms with E-state index >= 15 is 0 Å². The molecule has 1 N–H and O–H groups in total. The molecular weight excluding hydrogens is 233 g/mol. The first-order valence-corrected chi connectivity index (χ1v) is 6.37. The topological polar surface area (TPSA) is 40.5 Å². The van der Waals surface area contributed by atoms with E-state index in [0.717, 1.165) is 37.9 Å². The molecule has 1 aromatic rings. The summed E-state index contributed by atoms with van der Waals surface area (Å²) >= 11 is 0. The summed E-state index contributed by atoms with van der Waals surface area (Å²) in [6.07, 6.45) is 3.24. The molecule has 3 nitrogen and oxygen atoms in total. The fourth-order valence-corrected chi connectivity index (χ4v) is 2.12. The molecule has 1 aliphatic rings. The van der Waals surface area contributed by atoms with E-state index in [0.29, 0.717) is 6.04 Å². The monoisotopic (exact) mass is 251 g/mol. The summed E-state index contributed by atoms with van der Waals surface area (Å²) in [5, 5.41) is 9.60. The number of ketones is 1. The molecule has 2 rings (SSSR count). The molecule has 1 fully saturated rings. The highest BCUT2D eigenvalue weighted by Gasteiger charge is 2.30. The van der Waals surface area contributed by atoms with E-state index in [9.17, 15) is 14.3 Å². The summed E-state index contributed by atoms with van der Waals surface area (Å²) in [4.78, 5) is 14.2. The van der Waals surface area contributed by atoms with Crippen molar-refractivity contribution in [3.05, 3.63) is 29.6 Å². The van der Waals surface area contributed by atoms with Crippen LogP contribution in [0, 0.1) is 5.82 Å². The van der Waals surface area contributed by atoms with Crippen molar-refractivity contribution in [2.24, 2.45) is 0 Å². The fraction of sp³-hybridized carbons (Fsp3) is 0.500. The third-order valence-electron chi connectivity index (χ3n) is 3.18. The largest absolute Gasteiger partial charge is 0.507 e. The number of Topliss-reactive ketones (excluding diaryl/α,β-unsaturated/α-hetero) is 1. The van der Waals surface area contributed by atoms with Gasteiger partial charge in [-0.3, -0.25) is 9.69 Å². The number of phenolic OH excluding ortho intramolecular Hbond substituents is 1. The van der Waals surface area contributed by atoms with E-state index in [1.54, 1.807) is 0 Å². The zero-order valence-corrected chi connectivity index (χ0v) is 10.5. The molecule has 0 radical (unpaired) electrons. The van der Waals surface area contributed by atoms with Gasteiger partial charge in [0.05, 0.1) is 12.1 Å². The standard InChI is InChI=1S/C14H18FNO2/c1-2-7-16(11-4-5-11)9-14(18)12-8-10(15)3-6-13(12)17/h3,6,8,11,17H,2,4-5,7,9H2,1H3. The number of halogens is 1. The molecule has 0 aliphatic heterocycles. The van der Waals surface area contributed by atoms with Crippen LogP contribution in [0.2, 0.25) is 0 Å². The zero-order chi connectivity index (χ0) is 13.1. The van der Waals surface area contributed by atoms with E-state index in [-0.39, 0.29) is 23.6 Å². The molecule has 0 atom stereocenters. The van der Waals surface area contributed by atoms with Gasteiger partial charge in [0.15, 0.2) is 5.78 Å². The Hall–Kier alpha value is -1.42. The lowest BCUT2D eigenvalue weighted by Crippen LogP contribution is -2.32. The van der Waals surface area contributed by atoms with Gasteiger partial charge in [-0.2, -0.15) is 0 Å². The van der Waals surface area contributed by atoms with Gasteiger partial charge in [-0.1, -0.05) is 6.92 Å². The second-order valence-corrected chi connectivity index (χ2v) is 4.79. The highest BCUT2D eigenvalue weighted by molar-refractivity contribution is 6.00. The lowest BCUT2D eigenvalue weighted by molar-refractivity contribution is 0.0921. The van der Waals surface area contributed by atoms with Crippen LogP contribution in [0.25, 0.3) is 0 Å². The van der Waals surface area contributed by atoms with Crippen molar-refractivity contribution in [3.63, 3.8) is 0 Å². The number of hydrogen-bond acceptors (Lipinski definition) is 3. The highest BCUT2D eigenvalue weighted by Crippen LogP contribution is 2.27. The third-order valence-corrected chi connectivity index (χ3v) is 3.18. The second-order valence-electron chi connectivity index (χ2n) is 4.79. The maximum atomic E-state index is 13.1. The Kier molecular flexibility index (Phi) is 3.97. The first-order chi connectivity index (χ1) is 8.61. The van der Waals surface area contributed by atoms with Gasteiger partial charge in [-0.15, -0.1) is 0 Å². The predicted octanol–water partition coefficient (Wildman–Crippen LogP) is 2.59. The van der Waals surface area contributed by atoms with Gasteiger partial charge >= 0.3 is 0 Å². The molecule has 0 unspecified atom stereocenters. The minimum Gasteiger partial charge on any atom is -0.507 e. The van der Waals surface area contributed by atoms with Crippen molar-refractivity contribution >= 4 is 5.78 Å². The van der Waals surface area contributed by atoms with E-state index in [2.05, 4.69) is 11.8 Å². The van der Waals surface area contributed by atoms with Crippen LogP contribution in [-0.2, 0) is 0 Å². The second kappa shape index (κ2) is 5.48. The Morgan fingerprint density at radius 3 is 2.83 bits per heavy atom. The average Bonchev–Trinajstić information content (AvgIpc) is 3.15. The molecule has 0 bridgehead atoms. The lowest BCUT2D eigenvalue weighted by atomic mass is 10.1. The van der Waals surface area contributed by atoms with Crippen LogP contribution in [0.15, 0.2) is 18.2 Å². The summed E-state index contributed by atoms with van der Waals surface area (Å²) in [5.41, 5.74) is 0.0803. The number of nitrogens with zero attached hydrogens (tertiary/aromatic N) is 1. The Labute approximate surface area is 106 Å². The number of phenols is 1. The molecule has 1 aliphatic carbocycles. The number of hydrogen-bond donors (Lipinski definition) is 1. The Balaban J connectivity index is 2.07. The molecular formula is C14H18FNO2. The summed E-state index contributed by atoms with van der Waals surface area (Å²) in [6, 6.07) is 3.97. The molecule has 0 aromatic heterocycles. The molecule has 0 spiro atoms. The fourth-order valence-electron chi connectivity index (χ4n) is 2.12. The van der Waals surface area contributed by atoms with Gasteiger partial charge in [0, 0.05) is 6.04 Å². The van der Waals surface area contributed by atoms with Gasteiger partial charge in [0.25, 0.3) is 0 Å². The quantitative estimate of drug-likeness (QED) is 0.790. The third kappa shape index (κ3) is 3.07. The first-order valence-electron chi connectivity index (χ1n) is 6.37. The van der Waals surface area contributed by atoms with E-state index in [4.69, 9.17) is 0 Å². The minimum absolute atomic E-state index is 0.0803. The summed E-state index contributed by atoms with van der Waals surface area (Å²) < 4.78 is 13.1. The van der Waals surface area contributed by atoms with Crippen LogP contribution in [0.4, 0.5) is 4.39 Å². The Morgan fingerprint density at radius 2 is 2.22 bits per heavy atom. The van der Waals surface area contributed by atoms with Crippen molar-refractivity contribution in [2.75, 3.05) is 13.1 Å². The number of carbonyl (C=O) groups excluding carboxylic acids is 1. The molecule has 0 saturated heterocycles.